The number of amides is 2. The van der Waals surface area contributed by atoms with Crippen LogP contribution in [0.4, 0.5) is 9.59 Å². The van der Waals surface area contributed by atoms with Crippen LogP contribution in [0.3, 0.4) is 0 Å². The first-order valence-corrected chi connectivity index (χ1v) is 47.8. The van der Waals surface area contributed by atoms with Gasteiger partial charge >= 0.3 is 18.2 Å². The lowest BCUT2D eigenvalue weighted by Gasteiger charge is -2.13. The van der Waals surface area contributed by atoms with E-state index < -0.39 is 27.2 Å². The topological polar surface area (TPSA) is 511 Å². The number of ketones is 3. The van der Waals surface area contributed by atoms with Crippen LogP contribution in [0.25, 0.3) is 53.6 Å². The van der Waals surface area contributed by atoms with Crippen molar-refractivity contribution in [3.63, 3.8) is 0 Å². The standard InChI is InChI=1S/2C16H15NO2.C5H5N5OS4.C5H5NOS2.C4H3NOS2.C3H7NS2.C3H2O2.C2H4N4S2.C2H4N3OP.C2H5NS2.CH2N4S2.CH4/c2*1-17-16(18)19-10-15-13-8-4-2-6-11(13)12-7-3-5-9-14(12)15;6-4(12-13-4)3(11)2-1-10(9-8-2)5(7)14-15-5;1-3-4(7)5(6-2)8-9-5;1-2-3(6)4(5)7-8-4;1-3(4-2)5-6-3;1-2-3(4)5;1-4-2(5-6-3)7-8-2;3-5-4-1-2(6)7;1-3-2-4-5-2;2-1(4-5-3)6-7-1;/h2*2-9,15H,10H2,1H3,(H,17,18);1H,6-7H2;1,6H,2H3;1H,5H2;4H,1-2H3;1H,(H,4,5);4H,1H3;1,7H2;2-3H,1H3;2H2;1H4. The van der Waals surface area contributed by atoms with Crippen molar-refractivity contribution < 1.29 is 48.1 Å². The summed E-state index contributed by atoms with van der Waals surface area (Å²) in [5.74, 6) is 3.81. The number of terminal acetylenes is 3. The molecule has 15 N–H and O–H groups in total. The molecule has 109 heavy (non-hydrogen) atoms. The molecule has 8 saturated heterocycles. The molecule has 15 rings (SSSR count). The summed E-state index contributed by atoms with van der Waals surface area (Å²) in [5.41, 5.74) is 55.5. The molecule has 2 amide bonds. The average Bonchev–Trinajstić information content (AvgIpc) is 1.62. The second-order valence-electron chi connectivity index (χ2n) is 20.6. The van der Waals surface area contributed by atoms with Crippen molar-refractivity contribution >= 4 is 223 Å². The van der Waals surface area contributed by atoms with Gasteiger partial charge in [0.15, 0.2) is 15.4 Å². The first-order valence-electron chi connectivity index (χ1n) is 29.9. The summed E-state index contributed by atoms with van der Waals surface area (Å²) >= 11 is 0. The first kappa shape index (κ1) is 96.4. The number of carboxylic acid groups (broad SMARTS) is 1. The van der Waals surface area contributed by atoms with Crippen LogP contribution in [0.1, 0.15) is 58.9 Å². The number of benzene rings is 4. The van der Waals surface area contributed by atoms with Crippen LogP contribution in [-0.2, 0) is 33.0 Å². The highest BCUT2D eigenvalue weighted by molar-refractivity contribution is 8.95. The van der Waals surface area contributed by atoms with E-state index in [9.17, 15) is 28.8 Å². The summed E-state index contributed by atoms with van der Waals surface area (Å²) in [6.45, 7) is 2.84. The fraction of sp³-hybridized carbons (Fsp3) is 0.350. The number of carbonyl (C=O) groups is 7. The lowest BCUT2D eigenvalue weighted by Crippen LogP contribution is -2.32. The van der Waals surface area contributed by atoms with Gasteiger partial charge in [0.1, 0.15) is 22.1 Å². The van der Waals surface area contributed by atoms with Crippen molar-refractivity contribution in [3.8, 4) is 59.3 Å². The van der Waals surface area contributed by atoms with Crippen LogP contribution >= 0.6 is 182 Å². The number of carbonyl (C=O) groups excluding carboxylic acids is 6. The van der Waals surface area contributed by atoms with Gasteiger partial charge in [-0.3, -0.25) is 51.9 Å². The van der Waals surface area contributed by atoms with Gasteiger partial charge in [-0.05, 0) is 205 Å². The molecule has 0 radical (unpaired) electrons. The van der Waals surface area contributed by atoms with Gasteiger partial charge in [-0.1, -0.05) is 210 Å². The maximum Gasteiger partial charge on any atom is 0.406 e. The Morgan fingerprint density at radius 2 is 1.01 bits per heavy atom. The van der Waals surface area contributed by atoms with Crippen LogP contribution in [0.15, 0.2) is 119 Å². The zero-order valence-electron chi connectivity index (χ0n) is 57.3. The minimum absolute atomic E-state index is 0. The maximum absolute atomic E-state index is 11.8. The monoisotopic (exact) mass is 1800 g/mol. The zero-order valence-corrected chi connectivity index (χ0v) is 71.5. The number of ether oxygens (including phenoxy) is 2. The van der Waals surface area contributed by atoms with Gasteiger partial charge in [0.25, 0.3) is 0 Å². The minimum atomic E-state index is -1.22. The predicted octanol–water partition coefficient (Wildman–Crippen LogP) is 13.3. The van der Waals surface area contributed by atoms with Gasteiger partial charge in [-0.25, -0.2) is 19.1 Å². The fourth-order valence-electron chi connectivity index (χ4n) is 7.68. The Hall–Kier alpha value is -4.97. The highest BCUT2D eigenvalue weighted by atomic mass is 33.2. The zero-order chi connectivity index (χ0) is 79.9. The number of nitrogens with zero attached hydrogens (tertiary/aromatic N) is 12. The Labute approximate surface area is 694 Å². The number of carboxylic acids is 1. The molecule has 1 aromatic heterocycles. The second kappa shape index (κ2) is 46.4. The van der Waals surface area contributed by atoms with Crippen LogP contribution in [0, 0.1) is 37.0 Å². The quantitative estimate of drug-likeness (QED) is 0.00474. The lowest BCUT2D eigenvalue weighted by molar-refractivity contribution is -0.130. The van der Waals surface area contributed by atoms with E-state index in [1.54, 1.807) is 34.4 Å². The average molecular weight is 1800 g/mol. The molecule has 1 atom stereocenters. The number of alkyl carbamates (subject to hydrolysis) is 2. The molecular weight excluding hydrogens is 1730 g/mol. The van der Waals surface area contributed by atoms with E-state index >= 15 is 0 Å². The van der Waals surface area contributed by atoms with Gasteiger partial charge in [0.2, 0.25) is 38.7 Å². The molecule has 32 nitrogen and oxygen atoms in total. The molecule has 0 bridgehead atoms. The fourth-order valence-corrected chi connectivity index (χ4v) is 17.0. The van der Waals surface area contributed by atoms with Crippen LogP contribution in [0.2, 0.25) is 0 Å². The number of nitrogens with one attached hydrogen (secondary N) is 6. The third-order valence-corrected chi connectivity index (χ3v) is 33.6. The van der Waals surface area contributed by atoms with Crippen LogP contribution in [-0.4, -0.2) is 153 Å². The molecule has 2 aliphatic carbocycles. The van der Waals surface area contributed by atoms with E-state index in [0.717, 1.165) is 4.71 Å². The molecule has 9 heterocycles. The number of likely N-dealkylation sites (N-methyl/N-ethyl adjacent to an activating group) is 1. The summed E-state index contributed by atoms with van der Waals surface area (Å²) in [6, 6.07) is 33.2. The van der Waals surface area contributed by atoms with Gasteiger partial charge in [-0.2, -0.15) is 0 Å². The van der Waals surface area contributed by atoms with E-state index in [4.69, 9.17) is 71.7 Å². The SMILES string of the molecule is C.C#CC(=O)C1(N)SS1.C#CC(=O)C1(NC)SS1.C#CC(=O)O.CNC(=O)OCC1c2ccccc2-c2ccccc21.CNC(=O)OCC1c2ccccc2-c2ccccc21.CNC1(C)SS1.CNC1(N=[N+]=[N-])SS1.CNC1SS1.NC1(C(=O)c2cn(C3(N)SS3)nn2)SS1.[N-]=[N+]=NC1(N)SS1.[N-]=[N+]=NCC(=O)P. The van der Waals surface area contributed by atoms with Gasteiger partial charge in [0.05, 0.1) is 12.7 Å². The highest BCUT2D eigenvalue weighted by Crippen LogP contribution is 2.66. The first-order chi connectivity index (χ1) is 51.4. The van der Waals surface area contributed by atoms with Gasteiger partial charge in [0, 0.05) is 46.6 Å². The summed E-state index contributed by atoms with van der Waals surface area (Å²) < 4.78 is 9.31. The third kappa shape index (κ3) is 32.1. The Bertz CT molecular complexity index is 4100. The van der Waals surface area contributed by atoms with Crippen molar-refractivity contribution in [3.05, 3.63) is 163 Å². The van der Waals surface area contributed by atoms with Crippen molar-refractivity contribution in [1.82, 2.24) is 46.9 Å². The number of hydrogen-bond donors (Lipinski definition) is 11. The molecule has 49 heteroatoms. The molecule has 582 valence electrons. The van der Waals surface area contributed by atoms with Crippen LogP contribution < -0.4 is 54.8 Å². The smallest absolute Gasteiger partial charge is 0.406 e. The van der Waals surface area contributed by atoms with E-state index in [1.165, 1.54) is 185 Å². The minimum Gasteiger partial charge on any atom is -0.472 e. The molecule has 8 aliphatic heterocycles. The van der Waals surface area contributed by atoms with Crippen molar-refractivity contribution in [2.75, 3.05) is 62.0 Å². The Morgan fingerprint density at radius 3 is 1.22 bits per heavy atom. The Morgan fingerprint density at radius 1 is 0.587 bits per heavy atom. The highest BCUT2D eigenvalue weighted by Gasteiger charge is 2.53. The largest absolute Gasteiger partial charge is 0.472 e. The molecule has 8 fully saturated rings. The van der Waals surface area contributed by atoms with E-state index in [2.05, 4.69) is 140 Å². The van der Waals surface area contributed by atoms with Crippen LogP contribution in [0.5, 0.6) is 0 Å². The molecule has 4 aromatic carbocycles. The normalized spacial score (nSPS) is 17.4. The number of hydrogen-bond acceptors (Lipinski definition) is 38. The van der Waals surface area contributed by atoms with E-state index in [0.29, 0.717) is 17.4 Å². The number of nitrogens with two attached hydrogens (primary N) is 4. The Balaban J connectivity index is 0.000000262. The number of aromatic nitrogens is 3. The number of azide groups is 3. The summed E-state index contributed by atoms with van der Waals surface area (Å²) in [5, 5.41) is 41.7. The third-order valence-electron chi connectivity index (χ3n) is 13.5. The van der Waals surface area contributed by atoms with Gasteiger partial charge in [-0.15, -0.1) is 24.4 Å². The number of rotatable bonds is 17. The van der Waals surface area contributed by atoms with Crippen molar-refractivity contribution in [2.45, 2.75) is 60.7 Å². The lowest BCUT2D eigenvalue weighted by atomic mass is 9.98. The summed E-state index contributed by atoms with van der Waals surface area (Å²) in [6.07, 6.45) is 14.8. The van der Waals surface area contributed by atoms with Crippen molar-refractivity contribution in [2.24, 2.45) is 38.3 Å². The van der Waals surface area contributed by atoms with E-state index in [-0.39, 0.29) is 70.9 Å². The summed E-state index contributed by atoms with van der Waals surface area (Å²) in [7, 11) is 36.9. The molecular formula is C60H71N22O10PS16. The number of fused-ring (bicyclic) bond motifs is 6. The number of aliphatic carboxylic acids is 1. The molecule has 0 saturated carbocycles. The maximum atomic E-state index is 11.8. The van der Waals surface area contributed by atoms with Gasteiger partial charge < -0.3 is 36.7 Å². The Kier molecular flexibility index (Phi) is 41.0. The van der Waals surface area contributed by atoms with Crippen molar-refractivity contribution in [1.29, 1.82) is 0 Å². The predicted molar refractivity (Wildman–Crippen MR) is 469 cm³/mol. The molecule has 1 unspecified atom stereocenters. The number of Topliss-reactive ketones (excluding diaryl/α,β-unsaturated/α-hetero) is 3. The molecule has 0 spiro atoms. The molecule has 10 aliphatic rings. The summed E-state index contributed by atoms with van der Waals surface area (Å²) in [4.78, 5) is 82.1. The second-order valence-corrected chi connectivity index (χ2v) is 44.3. The van der Waals surface area contributed by atoms with E-state index in [1.807, 2.05) is 121 Å². The molecule has 5 aromatic rings.